The summed E-state index contributed by atoms with van der Waals surface area (Å²) >= 11 is 0. The van der Waals surface area contributed by atoms with Crippen LogP contribution < -0.4 is 16.2 Å². The molecule has 184 valence electrons. The van der Waals surface area contributed by atoms with E-state index in [1.165, 1.54) is 11.1 Å². The van der Waals surface area contributed by atoms with E-state index in [9.17, 15) is 5.11 Å². The molecule has 35 heavy (non-hydrogen) atoms. The van der Waals surface area contributed by atoms with Crippen molar-refractivity contribution >= 4 is 5.70 Å². The highest BCUT2D eigenvalue weighted by Gasteiger charge is 2.32. The fourth-order valence-electron chi connectivity index (χ4n) is 3.86. The Morgan fingerprint density at radius 1 is 0.914 bits per heavy atom. The van der Waals surface area contributed by atoms with Crippen LogP contribution in [0.25, 0.3) is 5.70 Å². The molecule has 3 aromatic rings. The Labute approximate surface area is 209 Å². The first-order valence-corrected chi connectivity index (χ1v) is 11.9. The van der Waals surface area contributed by atoms with Crippen molar-refractivity contribution in [3.05, 3.63) is 113 Å². The monoisotopic (exact) mass is 471 g/mol. The number of rotatable bonds is 9. The van der Waals surface area contributed by atoms with Gasteiger partial charge in [-0.1, -0.05) is 63.2 Å². The van der Waals surface area contributed by atoms with Crippen LogP contribution in [0.5, 0.6) is 5.75 Å². The number of aromatic nitrogens is 1. The fourth-order valence-corrected chi connectivity index (χ4v) is 3.86. The molecule has 1 heterocycles. The molecule has 0 bridgehead atoms. The molecule has 0 fully saturated rings. The van der Waals surface area contributed by atoms with Gasteiger partial charge in [0.15, 0.2) is 0 Å². The van der Waals surface area contributed by atoms with Gasteiger partial charge in [0, 0.05) is 23.0 Å². The predicted octanol–water partition coefficient (Wildman–Crippen LogP) is 5.54. The van der Waals surface area contributed by atoms with Crippen LogP contribution in [0.3, 0.4) is 0 Å². The summed E-state index contributed by atoms with van der Waals surface area (Å²) in [6.07, 6.45) is 5.15. The highest BCUT2D eigenvalue weighted by atomic mass is 16.5. The van der Waals surface area contributed by atoms with Crippen molar-refractivity contribution in [1.29, 1.82) is 0 Å². The van der Waals surface area contributed by atoms with Gasteiger partial charge in [-0.15, -0.1) is 0 Å². The normalized spacial score (nSPS) is 14.6. The summed E-state index contributed by atoms with van der Waals surface area (Å²) in [5.74, 6) is 1.17. The zero-order valence-electron chi connectivity index (χ0n) is 21.3. The Kier molecular flexibility index (Phi) is 8.03. The lowest BCUT2D eigenvalue weighted by Gasteiger charge is -2.35. The van der Waals surface area contributed by atoms with Gasteiger partial charge in [0.1, 0.15) is 12.4 Å². The molecule has 0 amide bonds. The SMILES string of the molecule is CC(C)C(C)(c1ccc(OCc2ccccn2)cc1)c1ccc(/C(N)=C/C=C(\N)C(C)(C)O)cc1. The Bertz CT molecular complexity index is 1160. The molecule has 0 radical (unpaired) electrons. The van der Waals surface area contributed by atoms with Gasteiger partial charge in [-0.3, -0.25) is 4.98 Å². The quantitative estimate of drug-likeness (QED) is 0.356. The van der Waals surface area contributed by atoms with Gasteiger partial charge in [-0.2, -0.15) is 0 Å². The Balaban J connectivity index is 1.80. The minimum Gasteiger partial charge on any atom is -0.487 e. The third-order valence-electron chi connectivity index (χ3n) is 6.69. The molecule has 0 saturated heterocycles. The number of nitrogens with zero attached hydrogens (tertiary/aromatic N) is 1. The third kappa shape index (κ3) is 6.31. The molecule has 0 aliphatic rings. The lowest BCUT2D eigenvalue weighted by atomic mass is 9.68. The summed E-state index contributed by atoms with van der Waals surface area (Å²) in [5.41, 5.74) is 16.1. The summed E-state index contributed by atoms with van der Waals surface area (Å²) in [6.45, 7) is 10.5. The molecule has 5 heteroatoms. The molecule has 0 saturated carbocycles. The minimum absolute atomic E-state index is 0.193. The van der Waals surface area contributed by atoms with Crippen LogP contribution in [0.2, 0.25) is 0 Å². The number of aliphatic hydroxyl groups is 1. The fraction of sp³-hybridized carbons (Fsp3) is 0.300. The number of pyridine rings is 1. The summed E-state index contributed by atoms with van der Waals surface area (Å²) in [4.78, 5) is 4.31. The van der Waals surface area contributed by atoms with Gasteiger partial charge in [-0.25, -0.2) is 0 Å². The molecule has 1 unspecified atom stereocenters. The molecule has 0 aliphatic heterocycles. The Morgan fingerprint density at radius 3 is 2.03 bits per heavy atom. The predicted molar refractivity (Wildman–Crippen MR) is 143 cm³/mol. The van der Waals surface area contributed by atoms with Gasteiger partial charge in [0.2, 0.25) is 0 Å². The smallest absolute Gasteiger partial charge is 0.130 e. The Morgan fingerprint density at radius 2 is 1.51 bits per heavy atom. The highest BCUT2D eigenvalue weighted by Crippen LogP contribution is 2.39. The van der Waals surface area contributed by atoms with E-state index in [1.54, 1.807) is 32.2 Å². The molecule has 5 N–H and O–H groups in total. The maximum Gasteiger partial charge on any atom is 0.130 e. The lowest BCUT2D eigenvalue weighted by molar-refractivity contribution is 0.118. The highest BCUT2D eigenvalue weighted by molar-refractivity contribution is 5.65. The van der Waals surface area contributed by atoms with Crippen LogP contribution in [-0.4, -0.2) is 15.7 Å². The van der Waals surface area contributed by atoms with E-state index in [2.05, 4.69) is 50.0 Å². The van der Waals surface area contributed by atoms with E-state index in [1.807, 2.05) is 42.5 Å². The van der Waals surface area contributed by atoms with Crippen molar-refractivity contribution < 1.29 is 9.84 Å². The van der Waals surface area contributed by atoms with Crippen LogP contribution in [0.4, 0.5) is 0 Å². The molecular weight excluding hydrogens is 434 g/mol. The van der Waals surface area contributed by atoms with Crippen LogP contribution >= 0.6 is 0 Å². The van der Waals surface area contributed by atoms with E-state index in [4.69, 9.17) is 16.2 Å². The summed E-state index contributed by atoms with van der Waals surface area (Å²) in [6, 6.07) is 22.4. The van der Waals surface area contributed by atoms with Gasteiger partial charge in [0.05, 0.1) is 11.3 Å². The third-order valence-corrected chi connectivity index (χ3v) is 6.69. The van der Waals surface area contributed by atoms with Crippen LogP contribution in [-0.2, 0) is 12.0 Å². The van der Waals surface area contributed by atoms with E-state index in [0.717, 1.165) is 17.0 Å². The zero-order valence-corrected chi connectivity index (χ0v) is 21.3. The standard InChI is InChI=1S/C30H37N3O2/c1-21(2)30(5,24-13-15-26(16-14-24)35-20-25-8-6-7-19-33-25)23-11-9-22(10-12-23)27(31)17-18-28(32)29(3,4)34/h6-19,21,34H,20,31-32H2,1-5H3/b27-17-,28-18-. The second-order valence-electron chi connectivity index (χ2n) is 9.87. The molecule has 0 spiro atoms. The average molecular weight is 472 g/mol. The molecule has 2 aromatic carbocycles. The van der Waals surface area contributed by atoms with E-state index >= 15 is 0 Å². The van der Waals surface area contributed by atoms with Gasteiger partial charge >= 0.3 is 0 Å². The first-order valence-electron chi connectivity index (χ1n) is 11.9. The second kappa shape index (κ2) is 10.8. The number of hydrogen-bond acceptors (Lipinski definition) is 5. The topological polar surface area (TPSA) is 94.4 Å². The molecule has 1 aromatic heterocycles. The maximum atomic E-state index is 9.98. The number of benzene rings is 2. The van der Waals surface area contributed by atoms with Crippen molar-refractivity contribution in [2.75, 3.05) is 0 Å². The van der Waals surface area contributed by atoms with Crippen LogP contribution in [0.1, 0.15) is 57.0 Å². The first-order chi connectivity index (χ1) is 16.5. The van der Waals surface area contributed by atoms with Crippen molar-refractivity contribution in [3.63, 3.8) is 0 Å². The summed E-state index contributed by atoms with van der Waals surface area (Å²) in [7, 11) is 0. The molecule has 5 nitrogen and oxygen atoms in total. The largest absolute Gasteiger partial charge is 0.487 e. The van der Waals surface area contributed by atoms with Crippen LogP contribution in [0.15, 0.2) is 90.8 Å². The maximum absolute atomic E-state index is 9.98. The van der Waals surface area contributed by atoms with Crippen LogP contribution in [0, 0.1) is 5.92 Å². The first kappa shape index (κ1) is 26.0. The molecule has 3 rings (SSSR count). The summed E-state index contributed by atoms with van der Waals surface area (Å²) < 4.78 is 5.92. The van der Waals surface area contributed by atoms with Crippen molar-refractivity contribution in [2.24, 2.45) is 17.4 Å². The number of ether oxygens (including phenoxy) is 1. The molecule has 0 aliphatic carbocycles. The Hall–Kier alpha value is -3.57. The zero-order chi connectivity index (χ0) is 25.6. The van der Waals surface area contributed by atoms with Gasteiger partial charge in [-0.05, 0) is 72.9 Å². The average Bonchev–Trinajstić information content (AvgIpc) is 2.85. The van der Waals surface area contributed by atoms with Crippen molar-refractivity contribution in [2.45, 2.75) is 52.2 Å². The van der Waals surface area contributed by atoms with Crippen molar-refractivity contribution in [1.82, 2.24) is 4.98 Å². The van der Waals surface area contributed by atoms with Gasteiger partial charge in [0.25, 0.3) is 0 Å². The minimum atomic E-state index is -1.08. The number of allylic oxidation sites excluding steroid dienone is 2. The van der Waals surface area contributed by atoms with E-state index < -0.39 is 5.60 Å². The van der Waals surface area contributed by atoms with Gasteiger partial charge < -0.3 is 21.3 Å². The lowest BCUT2D eigenvalue weighted by Crippen LogP contribution is -2.30. The van der Waals surface area contributed by atoms with Crippen molar-refractivity contribution in [3.8, 4) is 5.75 Å². The van der Waals surface area contributed by atoms with E-state index in [-0.39, 0.29) is 5.41 Å². The second-order valence-corrected chi connectivity index (χ2v) is 9.87. The number of nitrogens with two attached hydrogens (primary N) is 2. The number of hydrogen-bond donors (Lipinski definition) is 3. The molecule has 1 atom stereocenters. The molecular formula is C30H37N3O2. The van der Waals surface area contributed by atoms with E-state index in [0.29, 0.717) is 23.9 Å². The summed E-state index contributed by atoms with van der Waals surface area (Å²) in [5, 5.41) is 9.98.